The van der Waals surface area contributed by atoms with Gasteiger partial charge in [-0.1, -0.05) is 168 Å². The predicted molar refractivity (Wildman–Crippen MR) is 283 cm³/mol. The number of carbonyl (C=O) groups excluding carboxylic acids is 2. The number of hydrogen-bond donors (Lipinski definition) is 2. The summed E-state index contributed by atoms with van der Waals surface area (Å²) in [6.07, 6.45) is 0. The van der Waals surface area contributed by atoms with Crippen molar-refractivity contribution >= 4 is 57.8 Å². The Morgan fingerprint density at radius 3 is 1.19 bits per heavy atom. The number of para-hydroxylation sites is 1. The fraction of sp³-hybridized carbons (Fsp3) is 0.180. The van der Waals surface area contributed by atoms with Crippen LogP contribution in [0.25, 0.3) is 22.3 Å². The van der Waals surface area contributed by atoms with Crippen LogP contribution >= 0.6 is 23.5 Å². The maximum Gasteiger partial charge on any atom is 0.198 e. The Bertz CT molecular complexity index is 3170. The van der Waals surface area contributed by atoms with Crippen molar-refractivity contribution in [1.29, 1.82) is 0 Å². The van der Waals surface area contributed by atoms with Crippen LogP contribution in [0.1, 0.15) is 101 Å². The molecule has 0 aliphatic heterocycles. The third kappa shape index (κ3) is 9.52. The highest BCUT2D eigenvalue weighted by Crippen LogP contribution is 2.47. The minimum Gasteiger partial charge on any atom is -0.355 e. The first kappa shape index (κ1) is 45.6. The van der Waals surface area contributed by atoms with Gasteiger partial charge in [-0.2, -0.15) is 0 Å². The van der Waals surface area contributed by atoms with Gasteiger partial charge in [0.1, 0.15) is 0 Å². The number of nitrogens with one attached hydrogen (secondary N) is 2. The molecule has 0 aromatic heterocycles. The second kappa shape index (κ2) is 18.2. The number of aryl methyl sites for hydroxylation is 3. The van der Waals surface area contributed by atoms with Crippen LogP contribution in [0.4, 0.5) is 22.7 Å². The summed E-state index contributed by atoms with van der Waals surface area (Å²) in [5.41, 5.74) is 14.9. The third-order valence-corrected chi connectivity index (χ3v) is 14.8. The van der Waals surface area contributed by atoms with Gasteiger partial charge < -0.3 is 10.6 Å². The minimum atomic E-state index is -0.207. The number of anilines is 4. The van der Waals surface area contributed by atoms with E-state index < -0.39 is 0 Å². The van der Waals surface area contributed by atoms with Gasteiger partial charge in [0, 0.05) is 42.1 Å². The molecule has 334 valence electrons. The summed E-state index contributed by atoms with van der Waals surface area (Å²) in [5.74, 6) is -0.389. The van der Waals surface area contributed by atoms with Crippen LogP contribution in [0.3, 0.4) is 0 Å². The molecular weight excluding hydrogens is 857 g/mol. The topological polar surface area (TPSA) is 58.2 Å². The zero-order valence-electron chi connectivity index (χ0n) is 39.7. The van der Waals surface area contributed by atoms with Crippen molar-refractivity contribution in [1.82, 2.24) is 0 Å². The minimum absolute atomic E-state index is 0.0747. The zero-order valence-corrected chi connectivity index (χ0v) is 41.4. The van der Waals surface area contributed by atoms with Crippen molar-refractivity contribution < 1.29 is 9.59 Å². The smallest absolute Gasteiger partial charge is 0.198 e. The molecule has 2 N–H and O–H groups in total. The van der Waals surface area contributed by atoms with E-state index in [-0.39, 0.29) is 22.4 Å². The van der Waals surface area contributed by atoms with E-state index in [0.717, 1.165) is 69.9 Å². The van der Waals surface area contributed by atoms with E-state index in [2.05, 4.69) is 174 Å². The lowest BCUT2D eigenvalue weighted by atomic mass is 9.82. The number of benzene rings is 8. The average molecular weight is 913 g/mol. The Labute approximate surface area is 404 Å². The summed E-state index contributed by atoms with van der Waals surface area (Å²) in [5, 5.41) is 7.18. The van der Waals surface area contributed by atoms with Gasteiger partial charge in [0.05, 0.1) is 22.5 Å². The first-order chi connectivity index (χ1) is 32.0. The van der Waals surface area contributed by atoms with Crippen LogP contribution in [0.15, 0.2) is 183 Å². The third-order valence-electron chi connectivity index (χ3n) is 12.7. The SMILES string of the molecule is Cc1ccc(C)c(Nc2ccc(Sc3ccc(-c4ccc(C(C)(C)C)cc4)cc3)c3c2C(=O)c2c(Nc4ccccc4C)ccc(Sc4ccc(-c5ccc(C(C)(C)C)cc5)cc4)c2C3=O)c1. The van der Waals surface area contributed by atoms with Crippen molar-refractivity contribution in [2.24, 2.45) is 0 Å². The Morgan fingerprint density at radius 1 is 0.373 bits per heavy atom. The highest BCUT2D eigenvalue weighted by atomic mass is 32.2. The van der Waals surface area contributed by atoms with Crippen molar-refractivity contribution in [2.75, 3.05) is 10.6 Å². The van der Waals surface area contributed by atoms with Crippen molar-refractivity contribution in [2.45, 2.75) is 92.7 Å². The molecule has 1 aliphatic rings. The molecule has 0 atom stereocenters. The lowest BCUT2D eigenvalue weighted by Crippen LogP contribution is -2.25. The fourth-order valence-corrected chi connectivity index (χ4v) is 10.5. The van der Waals surface area contributed by atoms with Crippen molar-refractivity contribution in [3.8, 4) is 22.3 Å². The molecule has 0 saturated heterocycles. The molecule has 8 aromatic carbocycles. The Kier molecular flexibility index (Phi) is 12.4. The summed E-state index contributed by atoms with van der Waals surface area (Å²) >= 11 is 3.02. The van der Waals surface area contributed by atoms with E-state index in [9.17, 15) is 0 Å². The number of ketones is 2. The molecule has 0 saturated carbocycles. The molecule has 0 bridgehead atoms. The van der Waals surface area contributed by atoms with Crippen LogP contribution in [-0.2, 0) is 10.8 Å². The van der Waals surface area contributed by atoms with Crippen molar-refractivity contribution in [3.63, 3.8) is 0 Å². The molecule has 0 heterocycles. The molecule has 0 unspecified atom stereocenters. The zero-order chi connectivity index (χ0) is 47.2. The van der Waals surface area contributed by atoms with E-state index in [4.69, 9.17) is 0 Å². The Hall–Kier alpha value is -6.60. The normalized spacial score (nSPS) is 12.4. The predicted octanol–water partition coefficient (Wildman–Crippen LogP) is 17.1. The van der Waals surface area contributed by atoms with Gasteiger partial charge in [-0.25, -0.2) is 0 Å². The van der Waals surface area contributed by atoms with Gasteiger partial charge in [-0.3, -0.25) is 9.59 Å². The second-order valence-electron chi connectivity index (χ2n) is 19.7. The molecular formula is C61H56N2O2S2. The van der Waals surface area contributed by atoms with E-state index >= 15 is 9.59 Å². The van der Waals surface area contributed by atoms with Crippen LogP contribution < -0.4 is 10.6 Å². The molecule has 4 nitrogen and oxygen atoms in total. The molecule has 0 amide bonds. The van der Waals surface area contributed by atoms with Crippen molar-refractivity contribution in [3.05, 3.63) is 214 Å². The van der Waals surface area contributed by atoms with Gasteiger partial charge in [0.15, 0.2) is 11.6 Å². The van der Waals surface area contributed by atoms with E-state index in [0.29, 0.717) is 33.6 Å². The van der Waals surface area contributed by atoms with Gasteiger partial charge in [-0.05, 0) is 142 Å². The fourth-order valence-electron chi connectivity index (χ4n) is 8.60. The van der Waals surface area contributed by atoms with Gasteiger partial charge in [0.25, 0.3) is 0 Å². The first-order valence-electron chi connectivity index (χ1n) is 22.9. The molecule has 0 fully saturated rings. The largest absolute Gasteiger partial charge is 0.355 e. The van der Waals surface area contributed by atoms with Crippen LogP contribution in [0.2, 0.25) is 0 Å². The number of carbonyl (C=O) groups is 2. The number of hydrogen-bond acceptors (Lipinski definition) is 6. The summed E-state index contributed by atoms with van der Waals surface area (Å²) in [4.78, 5) is 34.7. The Morgan fingerprint density at radius 2 is 0.761 bits per heavy atom. The molecule has 6 heteroatoms. The molecule has 0 radical (unpaired) electrons. The lowest BCUT2D eigenvalue weighted by molar-refractivity contribution is 0.0976. The molecule has 0 spiro atoms. The van der Waals surface area contributed by atoms with E-state index in [1.165, 1.54) is 34.7 Å². The van der Waals surface area contributed by atoms with E-state index in [1.807, 2.05) is 62.4 Å². The Balaban J connectivity index is 1.14. The summed E-state index contributed by atoms with van der Waals surface area (Å²) < 4.78 is 0. The maximum absolute atomic E-state index is 15.7. The van der Waals surface area contributed by atoms with E-state index in [1.54, 1.807) is 0 Å². The lowest BCUT2D eigenvalue weighted by Gasteiger charge is -2.27. The van der Waals surface area contributed by atoms with Crippen LogP contribution in [-0.4, -0.2) is 11.6 Å². The highest BCUT2D eigenvalue weighted by molar-refractivity contribution is 7.99. The summed E-state index contributed by atoms with van der Waals surface area (Å²) in [7, 11) is 0. The molecule has 9 rings (SSSR count). The molecule has 1 aliphatic carbocycles. The maximum atomic E-state index is 15.7. The first-order valence-corrected chi connectivity index (χ1v) is 24.5. The quantitative estimate of drug-likeness (QED) is 0.143. The van der Waals surface area contributed by atoms with Gasteiger partial charge >= 0.3 is 0 Å². The van der Waals surface area contributed by atoms with Crippen LogP contribution in [0, 0.1) is 20.8 Å². The number of fused-ring (bicyclic) bond motifs is 2. The highest BCUT2D eigenvalue weighted by Gasteiger charge is 2.38. The standard InChI is InChI=1S/C61H56N2O2S2/c1-37-14-15-39(3)51(36-37)63-50-33-35-53(67-47-30-22-43(23-31-47)41-18-26-45(27-19-41)61(7,8)9)57-55(50)58(64)54-49(62-48-13-11-10-12-38(48)2)32-34-52(56(54)59(57)65)66-46-28-20-42(21-29-46)40-16-24-44(25-17-40)60(4,5)6/h10-36,62-63H,1-9H3. The molecule has 67 heavy (non-hydrogen) atoms. The molecule has 8 aromatic rings. The van der Waals surface area contributed by atoms with Gasteiger partial charge in [0.2, 0.25) is 0 Å². The van der Waals surface area contributed by atoms with Crippen LogP contribution in [0.5, 0.6) is 0 Å². The number of rotatable bonds is 10. The van der Waals surface area contributed by atoms with Gasteiger partial charge in [-0.15, -0.1) is 0 Å². The average Bonchev–Trinajstić information content (AvgIpc) is 3.31. The summed E-state index contributed by atoms with van der Waals surface area (Å²) in [6, 6.07) is 56.6. The second-order valence-corrected chi connectivity index (χ2v) is 21.9. The summed E-state index contributed by atoms with van der Waals surface area (Å²) in [6.45, 7) is 19.5. The monoisotopic (exact) mass is 912 g/mol.